The number of hydrazine groups is 1. The molecule has 0 saturated carbocycles. The number of nitrogens with one attached hydrogen (secondary N) is 2. The van der Waals surface area contributed by atoms with E-state index in [4.69, 9.17) is 10.6 Å². The molecule has 1 atom stereocenters. The maximum atomic E-state index is 12.0. The topological polar surface area (TPSA) is 128 Å². The molecule has 0 aliphatic carbocycles. The van der Waals surface area contributed by atoms with Crippen molar-refractivity contribution in [2.45, 2.75) is 13.0 Å². The Morgan fingerprint density at radius 3 is 2.43 bits per heavy atom. The molecule has 0 heterocycles. The summed E-state index contributed by atoms with van der Waals surface area (Å²) >= 11 is 0. The first-order chi connectivity index (χ1) is 9.89. The van der Waals surface area contributed by atoms with Crippen LogP contribution in [0, 0.1) is 0 Å². The molecular formula is C12H17N3O5S. The predicted octanol–water partition coefficient (Wildman–Crippen LogP) is -0.859. The molecule has 1 aromatic rings. The molecule has 0 radical (unpaired) electrons. The van der Waals surface area contributed by atoms with Gasteiger partial charge in [-0.15, -0.1) is 0 Å². The van der Waals surface area contributed by atoms with Crippen LogP contribution in [0.25, 0.3) is 0 Å². The summed E-state index contributed by atoms with van der Waals surface area (Å²) in [5.74, 6) is 2.73. The van der Waals surface area contributed by atoms with Crippen molar-refractivity contribution in [3.63, 3.8) is 0 Å². The van der Waals surface area contributed by atoms with Crippen LogP contribution in [-0.4, -0.2) is 38.7 Å². The number of hydrogen-bond acceptors (Lipinski definition) is 6. The molecule has 1 aromatic carbocycles. The fourth-order valence-corrected chi connectivity index (χ4v) is 2.26. The number of rotatable bonds is 7. The Bertz CT molecular complexity index is 588. The van der Waals surface area contributed by atoms with Gasteiger partial charge in [-0.05, 0) is 19.1 Å². The van der Waals surface area contributed by atoms with Crippen LogP contribution in [0.1, 0.15) is 17.3 Å². The monoisotopic (exact) mass is 315 g/mol. The first kappa shape index (κ1) is 17.1. The number of ether oxygens (including phenoxy) is 1. The van der Waals surface area contributed by atoms with Crippen molar-refractivity contribution in [2.75, 3.05) is 12.4 Å². The van der Waals surface area contributed by atoms with E-state index >= 15 is 0 Å². The van der Waals surface area contributed by atoms with E-state index in [2.05, 4.69) is 5.32 Å². The van der Waals surface area contributed by atoms with Gasteiger partial charge < -0.3 is 10.1 Å². The third-order valence-electron chi connectivity index (χ3n) is 2.48. The van der Waals surface area contributed by atoms with Crippen LogP contribution in [0.15, 0.2) is 30.3 Å². The van der Waals surface area contributed by atoms with Crippen LogP contribution < -0.4 is 16.0 Å². The Kier molecular flexibility index (Phi) is 6.28. The maximum absolute atomic E-state index is 12.0. The number of sulfonamides is 1. The van der Waals surface area contributed by atoms with Crippen molar-refractivity contribution in [3.8, 4) is 0 Å². The number of benzene rings is 1. The van der Waals surface area contributed by atoms with Crippen LogP contribution >= 0.6 is 0 Å². The first-order valence-corrected chi connectivity index (χ1v) is 7.77. The molecule has 0 fully saturated rings. The average molecular weight is 315 g/mol. The average Bonchev–Trinajstić information content (AvgIpc) is 2.47. The second-order valence-corrected chi connectivity index (χ2v) is 5.84. The van der Waals surface area contributed by atoms with Gasteiger partial charge in [0.25, 0.3) is 5.91 Å². The third-order valence-corrected chi connectivity index (χ3v) is 3.61. The van der Waals surface area contributed by atoms with Crippen LogP contribution in [0.4, 0.5) is 0 Å². The van der Waals surface area contributed by atoms with Gasteiger partial charge in [0.05, 0.1) is 12.4 Å². The third kappa shape index (κ3) is 5.50. The molecular weight excluding hydrogens is 298 g/mol. The number of nitrogens with two attached hydrogens (primary N) is 1. The molecule has 4 N–H and O–H groups in total. The standard InChI is InChI=1S/C12H17N3O5S/c1-2-20-12(17)10(8-21(18,19)15-13)14-11(16)9-6-4-3-5-7-9/h3-7,10,15H,2,8,13H2,1H3,(H,14,16)/t10-/m0/s1. The molecule has 0 spiro atoms. The van der Waals surface area contributed by atoms with Crippen molar-refractivity contribution in [2.24, 2.45) is 5.84 Å². The number of amides is 1. The highest BCUT2D eigenvalue weighted by molar-refractivity contribution is 7.89. The molecule has 9 heteroatoms. The highest BCUT2D eigenvalue weighted by Gasteiger charge is 2.28. The minimum absolute atomic E-state index is 0.0621. The summed E-state index contributed by atoms with van der Waals surface area (Å²) in [6, 6.07) is 6.74. The van der Waals surface area contributed by atoms with Gasteiger partial charge in [-0.3, -0.25) is 10.6 Å². The van der Waals surface area contributed by atoms with Gasteiger partial charge in [-0.25, -0.2) is 13.2 Å². The Labute approximate surface area is 122 Å². The van der Waals surface area contributed by atoms with E-state index < -0.39 is 33.7 Å². The van der Waals surface area contributed by atoms with Gasteiger partial charge in [0.1, 0.15) is 6.04 Å². The van der Waals surface area contributed by atoms with E-state index in [0.29, 0.717) is 5.56 Å². The van der Waals surface area contributed by atoms with Crippen LogP contribution in [0.5, 0.6) is 0 Å². The summed E-state index contributed by atoms with van der Waals surface area (Å²) in [6.45, 7) is 1.64. The molecule has 0 aliphatic heterocycles. The fourth-order valence-electron chi connectivity index (χ4n) is 1.51. The van der Waals surface area contributed by atoms with Crippen molar-refractivity contribution >= 4 is 21.9 Å². The van der Waals surface area contributed by atoms with E-state index in [1.54, 1.807) is 30.0 Å². The van der Waals surface area contributed by atoms with E-state index in [1.165, 1.54) is 12.1 Å². The van der Waals surface area contributed by atoms with Gasteiger partial charge in [0.15, 0.2) is 0 Å². The van der Waals surface area contributed by atoms with Crippen molar-refractivity contribution in [1.82, 2.24) is 10.1 Å². The highest BCUT2D eigenvalue weighted by atomic mass is 32.2. The lowest BCUT2D eigenvalue weighted by atomic mass is 10.2. The van der Waals surface area contributed by atoms with E-state index in [1.807, 2.05) is 0 Å². The SMILES string of the molecule is CCOC(=O)[C@H](CS(=O)(=O)NN)NC(=O)c1ccccc1. The summed E-state index contributed by atoms with van der Waals surface area (Å²) in [5, 5.41) is 2.32. The lowest BCUT2D eigenvalue weighted by molar-refractivity contribution is -0.144. The molecule has 0 unspecified atom stereocenters. The molecule has 8 nitrogen and oxygen atoms in total. The summed E-state index contributed by atoms with van der Waals surface area (Å²) in [7, 11) is -3.90. The molecule has 0 saturated heterocycles. The highest BCUT2D eigenvalue weighted by Crippen LogP contribution is 2.01. The second kappa shape index (κ2) is 7.72. The quantitative estimate of drug-likeness (QED) is 0.341. The zero-order valence-corrected chi connectivity index (χ0v) is 12.2. The fraction of sp³-hybridized carbons (Fsp3) is 0.333. The largest absolute Gasteiger partial charge is 0.464 e. The molecule has 0 aromatic heterocycles. The zero-order valence-electron chi connectivity index (χ0n) is 11.4. The first-order valence-electron chi connectivity index (χ1n) is 6.12. The Hall–Kier alpha value is -1.97. The zero-order chi connectivity index (χ0) is 15.9. The smallest absolute Gasteiger partial charge is 0.329 e. The Morgan fingerprint density at radius 2 is 1.90 bits per heavy atom. The van der Waals surface area contributed by atoms with Crippen LogP contribution in [0.3, 0.4) is 0 Å². The molecule has 21 heavy (non-hydrogen) atoms. The molecule has 1 amide bonds. The molecule has 0 bridgehead atoms. The number of carbonyl (C=O) groups is 2. The second-order valence-electron chi connectivity index (χ2n) is 4.04. The summed E-state index contributed by atoms with van der Waals surface area (Å²) in [6.07, 6.45) is 0. The Balaban J connectivity index is 2.87. The van der Waals surface area contributed by atoms with Gasteiger partial charge in [0.2, 0.25) is 10.0 Å². The minimum atomic E-state index is -3.90. The number of hydrogen-bond donors (Lipinski definition) is 3. The minimum Gasteiger partial charge on any atom is -0.464 e. The molecule has 116 valence electrons. The summed E-state index contributed by atoms with van der Waals surface area (Å²) < 4.78 is 27.6. The van der Waals surface area contributed by atoms with Gasteiger partial charge in [-0.1, -0.05) is 18.2 Å². The van der Waals surface area contributed by atoms with E-state index in [0.717, 1.165) is 0 Å². The lowest BCUT2D eigenvalue weighted by Crippen LogP contribution is -2.49. The van der Waals surface area contributed by atoms with Crippen molar-refractivity contribution in [1.29, 1.82) is 0 Å². The van der Waals surface area contributed by atoms with Crippen LogP contribution in [0.2, 0.25) is 0 Å². The number of carbonyl (C=O) groups excluding carboxylic acids is 2. The molecule has 0 aliphatic rings. The van der Waals surface area contributed by atoms with E-state index in [-0.39, 0.29) is 6.61 Å². The van der Waals surface area contributed by atoms with E-state index in [9.17, 15) is 18.0 Å². The Morgan fingerprint density at radius 1 is 1.29 bits per heavy atom. The molecule has 1 rings (SSSR count). The lowest BCUT2D eigenvalue weighted by Gasteiger charge is -2.17. The van der Waals surface area contributed by atoms with Gasteiger partial charge >= 0.3 is 5.97 Å². The summed E-state index contributed by atoms with van der Waals surface area (Å²) in [4.78, 5) is 25.3. The summed E-state index contributed by atoms with van der Waals surface area (Å²) in [5.41, 5.74) is 0.296. The van der Waals surface area contributed by atoms with Gasteiger partial charge in [-0.2, -0.15) is 4.83 Å². The maximum Gasteiger partial charge on any atom is 0.329 e. The van der Waals surface area contributed by atoms with Crippen molar-refractivity contribution < 1.29 is 22.7 Å². The number of esters is 1. The van der Waals surface area contributed by atoms with Crippen molar-refractivity contribution in [3.05, 3.63) is 35.9 Å². The normalized spacial score (nSPS) is 12.5. The predicted molar refractivity (Wildman–Crippen MR) is 75.4 cm³/mol. The van der Waals surface area contributed by atoms with Gasteiger partial charge in [0, 0.05) is 5.56 Å². The van der Waals surface area contributed by atoms with Crippen LogP contribution in [-0.2, 0) is 19.6 Å².